The third-order valence-corrected chi connectivity index (χ3v) is 3.50. The summed E-state index contributed by atoms with van der Waals surface area (Å²) in [5, 5.41) is 21.8. The molecule has 0 saturated heterocycles. The second-order valence-electron chi connectivity index (χ2n) is 3.97. The van der Waals surface area contributed by atoms with Crippen molar-refractivity contribution >= 4 is 23.4 Å². The third-order valence-electron chi connectivity index (χ3n) is 2.72. The average Bonchev–Trinajstić information content (AvgIpc) is 2.37. The minimum absolute atomic E-state index is 0.302. The Hall–Kier alpha value is -1.20. The van der Waals surface area contributed by atoms with Crippen LogP contribution in [0.1, 0.15) is 30.1 Å². The maximum Gasteiger partial charge on any atom is 0.338 e. The SMILES string of the molecule is CCC(O)CCNc1cccc(SC)c1C(=O)O. The monoisotopic (exact) mass is 269 g/mol. The topological polar surface area (TPSA) is 69.6 Å². The molecular weight excluding hydrogens is 250 g/mol. The Bertz CT molecular complexity index is 409. The molecule has 0 aliphatic carbocycles. The Balaban J connectivity index is 2.78. The summed E-state index contributed by atoms with van der Waals surface area (Å²) < 4.78 is 0. The number of hydrogen-bond donors (Lipinski definition) is 3. The predicted molar refractivity (Wildman–Crippen MR) is 74.6 cm³/mol. The molecule has 5 heteroatoms. The summed E-state index contributed by atoms with van der Waals surface area (Å²) >= 11 is 1.41. The van der Waals surface area contributed by atoms with Gasteiger partial charge >= 0.3 is 5.97 Å². The van der Waals surface area contributed by atoms with Gasteiger partial charge in [-0.15, -0.1) is 11.8 Å². The minimum Gasteiger partial charge on any atom is -0.478 e. The molecule has 0 fully saturated rings. The molecule has 1 aromatic carbocycles. The van der Waals surface area contributed by atoms with Crippen LogP contribution < -0.4 is 5.32 Å². The van der Waals surface area contributed by atoms with Crippen molar-refractivity contribution in [3.8, 4) is 0 Å². The summed E-state index contributed by atoms with van der Waals surface area (Å²) in [4.78, 5) is 12.0. The lowest BCUT2D eigenvalue weighted by atomic mass is 10.1. The summed E-state index contributed by atoms with van der Waals surface area (Å²) in [7, 11) is 0. The van der Waals surface area contributed by atoms with Crippen LogP contribution in [-0.2, 0) is 0 Å². The molecule has 18 heavy (non-hydrogen) atoms. The number of thioether (sulfide) groups is 1. The molecule has 4 nitrogen and oxygen atoms in total. The lowest BCUT2D eigenvalue weighted by molar-refractivity contribution is 0.0694. The van der Waals surface area contributed by atoms with Crippen molar-refractivity contribution in [2.75, 3.05) is 18.1 Å². The standard InChI is InChI=1S/C13H19NO3S/c1-3-9(15)7-8-14-10-5-4-6-11(18-2)12(10)13(16)17/h4-6,9,14-15H,3,7-8H2,1-2H3,(H,16,17). The fraction of sp³-hybridized carbons (Fsp3) is 0.462. The second-order valence-corrected chi connectivity index (χ2v) is 4.81. The first-order valence-electron chi connectivity index (χ1n) is 5.92. The van der Waals surface area contributed by atoms with Gasteiger partial charge in [0, 0.05) is 17.1 Å². The van der Waals surface area contributed by atoms with Gasteiger partial charge in [0.1, 0.15) is 0 Å². The van der Waals surface area contributed by atoms with Gasteiger partial charge in [0.15, 0.2) is 0 Å². The number of aliphatic hydroxyl groups is 1. The fourth-order valence-corrected chi connectivity index (χ4v) is 2.26. The van der Waals surface area contributed by atoms with E-state index in [1.54, 1.807) is 12.1 Å². The highest BCUT2D eigenvalue weighted by Gasteiger charge is 2.14. The Labute approximate surface area is 111 Å². The fourth-order valence-electron chi connectivity index (χ4n) is 1.65. The first kappa shape index (κ1) is 14.9. The van der Waals surface area contributed by atoms with Crippen molar-refractivity contribution in [1.82, 2.24) is 0 Å². The van der Waals surface area contributed by atoms with Crippen molar-refractivity contribution in [2.45, 2.75) is 30.8 Å². The Morgan fingerprint density at radius 1 is 1.50 bits per heavy atom. The zero-order valence-electron chi connectivity index (χ0n) is 10.6. The van der Waals surface area contributed by atoms with Crippen LogP contribution in [0.4, 0.5) is 5.69 Å². The predicted octanol–water partition coefficient (Wildman–Crippen LogP) is 2.68. The Morgan fingerprint density at radius 2 is 2.22 bits per heavy atom. The maximum atomic E-state index is 11.3. The van der Waals surface area contributed by atoms with Crippen molar-refractivity contribution in [3.05, 3.63) is 23.8 Å². The molecule has 0 aliphatic rings. The van der Waals surface area contributed by atoms with E-state index in [9.17, 15) is 15.0 Å². The average molecular weight is 269 g/mol. The highest BCUT2D eigenvalue weighted by atomic mass is 32.2. The van der Waals surface area contributed by atoms with Gasteiger partial charge < -0.3 is 15.5 Å². The van der Waals surface area contributed by atoms with Gasteiger partial charge in [-0.3, -0.25) is 0 Å². The summed E-state index contributed by atoms with van der Waals surface area (Å²) in [6.07, 6.45) is 2.83. The van der Waals surface area contributed by atoms with Crippen molar-refractivity contribution in [2.24, 2.45) is 0 Å². The number of anilines is 1. The number of benzene rings is 1. The van der Waals surface area contributed by atoms with E-state index in [4.69, 9.17) is 0 Å². The molecule has 3 N–H and O–H groups in total. The number of carboxylic acids is 1. The molecule has 0 radical (unpaired) electrons. The molecule has 1 rings (SSSR count). The molecule has 0 aliphatic heterocycles. The molecule has 1 unspecified atom stereocenters. The van der Waals surface area contributed by atoms with E-state index in [0.717, 1.165) is 4.90 Å². The number of rotatable bonds is 7. The van der Waals surface area contributed by atoms with E-state index in [1.807, 2.05) is 19.2 Å². The van der Waals surface area contributed by atoms with E-state index in [0.29, 0.717) is 30.6 Å². The summed E-state index contributed by atoms with van der Waals surface area (Å²) in [5.41, 5.74) is 0.911. The summed E-state index contributed by atoms with van der Waals surface area (Å²) in [6.45, 7) is 2.48. The van der Waals surface area contributed by atoms with Crippen LogP contribution in [0.15, 0.2) is 23.1 Å². The molecule has 0 spiro atoms. The molecule has 1 atom stereocenters. The number of carboxylic acid groups (broad SMARTS) is 1. The Kier molecular flexibility index (Phi) is 6.01. The second kappa shape index (κ2) is 7.28. The molecule has 1 aromatic rings. The van der Waals surface area contributed by atoms with Crippen LogP contribution in [0, 0.1) is 0 Å². The largest absolute Gasteiger partial charge is 0.478 e. The van der Waals surface area contributed by atoms with Crippen molar-refractivity contribution < 1.29 is 15.0 Å². The quantitative estimate of drug-likeness (QED) is 0.664. The van der Waals surface area contributed by atoms with Gasteiger partial charge in [-0.1, -0.05) is 13.0 Å². The van der Waals surface area contributed by atoms with Crippen LogP contribution in [0.2, 0.25) is 0 Å². The molecule has 0 saturated carbocycles. The van der Waals surface area contributed by atoms with Crippen LogP contribution >= 0.6 is 11.8 Å². The summed E-state index contributed by atoms with van der Waals surface area (Å²) in [5.74, 6) is -0.932. The van der Waals surface area contributed by atoms with Crippen LogP contribution in [0.25, 0.3) is 0 Å². The van der Waals surface area contributed by atoms with E-state index in [2.05, 4.69) is 5.32 Å². The maximum absolute atomic E-state index is 11.3. The first-order valence-corrected chi connectivity index (χ1v) is 7.14. The molecule has 0 aromatic heterocycles. The number of aromatic carboxylic acids is 1. The molecule has 0 amide bonds. The molecular formula is C13H19NO3S. The molecule has 100 valence electrons. The van der Waals surface area contributed by atoms with Gasteiger partial charge in [0.25, 0.3) is 0 Å². The third kappa shape index (κ3) is 3.92. The zero-order valence-corrected chi connectivity index (χ0v) is 11.5. The first-order chi connectivity index (χ1) is 8.60. The number of hydrogen-bond acceptors (Lipinski definition) is 4. The van der Waals surface area contributed by atoms with Gasteiger partial charge in [-0.2, -0.15) is 0 Å². The number of aliphatic hydroxyl groups excluding tert-OH is 1. The van der Waals surface area contributed by atoms with Crippen LogP contribution in [-0.4, -0.2) is 35.1 Å². The summed E-state index contributed by atoms with van der Waals surface area (Å²) in [6, 6.07) is 5.37. The van der Waals surface area contributed by atoms with E-state index in [1.165, 1.54) is 11.8 Å². The van der Waals surface area contributed by atoms with E-state index < -0.39 is 5.97 Å². The van der Waals surface area contributed by atoms with Gasteiger partial charge in [0.05, 0.1) is 11.7 Å². The van der Waals surface area contributed by atoms with E-state index in [-0.39, 0.29) is 6.10 Å². The smallest absolute Gasteiger partial charge is 0.338 e. The van der Waals surface area contributed by atoms with Gasteiger partial charge in [0.2, 0.25) is 0 Å². The van der Waals surface area contributed by atoms with Gasteiger partial charge in [-0.05, 0) is 31.2 Å². The minimum atomic E-state index is -0.932. The van der Waals surface area contributed by atoms with Gasteiger partial charge in [-0.25, -0.2) is 4.79 Å². The number of carbonyl (C=O) groups is 1. The Morgan fingerprint density at radius 3 is 2.78 bits per heavy atom. The zero-order chi connectivity index (χ0) is 13.5. The lowest BCUT2D eigenvalue weighted by Gasteiger charge is -2.13. The normalized spacial score (nSPS) is 12.2. The highest BCUT2D eigenvalue weighted by molar-refractivity contribution is 7.98. The van der Waals surface area contributed by atoms with E-state index >= 15 is 0 Å². The van der Waals surface area contributed by atoms with Crippen molar-refractivity contribution in [1.29, 1.82) is 0 Å². The molecule has 0 heterocycles. The van der Waals surface area contributed by atoms with Crippen LogP contribution in [0.3, 0.4) is 0 Å². The number of nitrogens with one attached hydrogen (secondary N) is 1. The lowest BCUT2D eigenvalue weighted by Crippen LogP contribution is -2.14. The molecule has 0 bridgehead atoms. The highest BCUT2D eigenvalue weighted by Crippen LogP contribution is 2.27. The van der Waals surface area contributed by atoms with Crippen LogP contribution in [0.5, 0.6) is 0 Å². The van der Waals surface area contributed by atoms with Crippen molar-refractivity contribution in [3.63, 3.8) is 0 Å².